The molecule has 2 aromatic rings. The van der Waals surface area contributed by atoms with Gasteiger partial charge in [0.15, 0.2) is 6.10 Å². The molecule has 0 radical (unpaired) electrons. The number of carbonyl (C=O) groups is 1. The summed E-state index contributed by atoms with van der Waals surface area (Å²) in [6.45, 7) is 7.66. The van der Waals surface area contributed by atoms with Gasteiger partial charge >= 0.3 is 5.97 Å². The van der Waals surface area contributed by atoms with Crippen LogP contribution in [0, 0.1) is 20.8 Å². The standard InChI is InChI=1S/C18H20O2/c1-12-10-13(2)17(14(3)11-12)18(20-15(4)19)16-8-6-5-7-9-16/h5-11,18H,1-4H3. The lowest BCUT2D eigenvalue weighted by Gasteiger charge is -2.22. The van der Waals surface area contributed by atoms with Crippen molar-refractivity contribution in [3.05, 3.63) is 70.3 Å². The number of hydrogen-bond acceptors (Lipinski definition) is 2. The molecule has 20 heavy (non-hydrogen) atoms. The van der Waals surface area contributed by atoms with Crippen LogP contribution in [0.25, 0.3) is 0 Å². The van der Waals surface area contributed by atoms with Gasteiger partial charge in [-0.25, -0.2) is 0 Å². The van der Waals surface area contributed by atoms with Crippen LogP contribution in [0.15, 0.2) is 42.5 Å². The van der Waals surface area contributed by atoms with Crippen molar-refractivity contribution in [3.63, 3.8) is 0 Å². The van der Waals surface area contributed by atoms with E-state index in [0.29, 0.717) is 0 Å². The zero-order valence-corrected chi connectivity index (χ0v) is 12.4. The molecule has 0 aliphatic heterocycles. The molecule has 104 valence electrons. The molecule has 0 bridgehead atoms. The van der Waals surface area contributed by atoms with Crippen molar-refractivity contribution in [1.82, 2.24) is 0 Å². The number of benzene rings is 2. The summed E-state index contributed by atoms with van der Waals surface area (Å²) in [5, 5.41) is 0. The highest BCUT2D eigenvalue weighted by Gasteiger charge is 2.21. The summed E-state index contributed by atoms with van der Waals surface area (Å²) in [6, 6.07) is 14.1. The van der Waals surface area contributed by atoms with E-state index in [1.54, 1.807) is 0 Å². The third-order valence-electron chi connectivity index (χ3n) is 3.39. The summed E-state index contributed by atoms with van der Waals surface area (Å²) in [6.07, 6.45) is -0.339. The van der Waals surface area contributed by atoms with E-state index >= 15 is 0 Å². The third-order valence-corrected chi connectivity index (χ3v) is 3.39. The highest BCUT2D eigenvalue weighted by molar-refractivity contribution is 5.67. The van der Waals surface area contributed by atoms with Gasteiger partial charge in [0.1, 0.15) is 0 Å². The van der Waals surface area contributed by atoms with E-state index in [-0.39, 0.29) is 12.1 Å². The Kier molecular flexibility index (Phi) is 4.23. The quantitative estimate of drug-likeness (QED) is 0.777. The van der Waals surface area contributed by atoms with Crippen LogP contribution in [0.5, 0.6) is 0 Å². The van der Waals surface area contributed by atoms with Gasteiger partial charge in [0.2, 0.25) is 0 Å². The Morgan fingerprint density at radius 3 is 2.05 bits per heavy atom. The van der Waals surface area contributed by atoms with Gasteiger partial charge in [0.05, 0.1) is 0 Å². The summed E-state index contributed by atoms with van der Waals surface area (Å²) >= 11 is 0. The summed E-state index contributed by atoms with van der Waals surface area (Å²) < 4.78 is 5.59. The molecule has 0 fully saturated rings. The maximum atomic E-state index is 11.5. The molecule has 0 aromatic heterocycles. The summed E-state index contributed by atoms with van der Waals surface area (Å²) in [5.41, 5.74) is 5.60. The second-order valence-electron chi connectivity index (χ2n) is 5.21. The second kappa shape index (κ2) is 5.91. The van der Waals surface area contributed by atoms with Crippen molar-refractivity contribution in [1.29, 1.82) is 0 Å². The first-order valence-electron chi connectivity index (χ1n) is 6.79. The van der Waals surface area contributed by atoms with Crippen LogP contribution in [-0.2, 0) is 9.53 Å². The van der Waals surface area contributed by atoms with Gasteiger partial charge < -0.3 is 4.74 Å². The molecule has 0 spiro atoms. The van der Waals surface area contributed by atoms with E-state index in [0.717, 1.165) is 22.3 Å². The number of ether oxygens (including phenoxy) is 1. The third kappa shape index (κ3) is 3.08. The van der Waals surface area contributed by atoms with E-state index in [2.05, 4.69) is 32.9 Å². The number of aryl methyl sites for hydroxylation is 3. The molecule has 0 amide bonds. The largest absolute Gasteiger partial charge is 0.453 e. The minimum Gasteiger partial charge on any atom is -0.453 e. The summed E-state index contributed by atoms with van der Waals surface area (Å²) in [7, 11) is 0. The Balaban J connectivity index is 2.55. The van der Waals surface area contributed by atoms with E-state index in [1.807, 2.05) is 30.3 Å². The highest BCUT2D eigenvalue weighted by Crippen LogP contribution is 2.31. The fraction of sp³-hybridized carbons (Fsp3) is 0.278. The molecule has 2 nitrogen and oxygen atoms in total. The lowest BCUT2D eigenvalue weighted by Crippen LogP contribution is -2.13. The molecular weight excluding hydrogens is 248 g/mol. The van der Waals surface area contributed by atoms with Gasteiger partial charge in [0.25, 0.3) is 0 Å². The maximum absolute atomic E-state index is 11.5. The van der Waals surface area contributed by atoms with Crippen molar-refractivity contribution in [2.45, 2.75) is 33.8 Å². The summed E-state index contributed by atoms with van der Waals surface area (Å²) in [5.74, 6) is -0.266. The molecule has 0 N–H and O–H groups in total. The Morgan fingerprint density at radius 1 is 1.00 bits per heavy atom. The van der Waals surface area contributed by atoms with Crippen LogP contribution in [0.2, 0.25) is 0 Å². The van der Waals surface area contributed by atoms with Crippen LogP contribution in [0.1, 0.15) is 40.8 Å². The number of carbonyl (C=O) groups excluding carboxylic acids is 1. The molecule has 1 unspecified atom stereocenters. The summed E-state index contributed by atoms with van der Waals surface area (Å²) in [4.78, 5) is 11.5. The molecule has 0 saturated carbocycles. The maximum Gasteiger partial charge on any atom is 0.303 e. The minimum atomic E-state index is -0.339. The fourth-order valence-electron chi connectivity index (χ4n) is 2.69. The Labute approximate surface area is 120 Å². The van der Waals surface area contributed by atoms with Crippen LogP contribution in [0.4, 0.5) is 0 Å². The Bertz CT molecular complexity index is 592. The van der Waals surface area contributed by atoms with Crippen LogP contribution in [0.3, 0.4) is 0 Å². The Morgan fingerprint density at radius 2 is 1.55 bits per heavy atom. The fourth-order valence-corrected chi connectivity index (χ4v) is 2.69. The van der Waals surface area contributed by atoms with E-state index in [9.17, 15) is 4.79 Å². The monoisotopic (exact) mass is 268 g/mol. The number of esters is 1. The average molecular weight is 268 g/mol. The van der Waals surface area contributed by atoms with Gasteiger partial charge in [-0.1, -0.05) is 48.0 Å². The van der Waals surface area contributed by atoms with Gasteiger partial charge in [-0.15, -0.1) is 0 Å². The number of rotatable bonds is 3. The van der Waals surface area contributed by atoms with Crippen molar-refractivity contribution >= 4 is 5.97 Å². The Hall–Kier alpha value is -2.09. The van der Waals surface area contributed by atoms with Crippen LogP contribution < -0.4 is 0 Å². The predicted octanol–water partition coefficient (Wildman–Crippen LogP) is 4.26. The highest BCUT2D eigenvalue weighted by atomic mass is 16.5. The smallest absolute Gasteiger partial charge is 0.303 e. The molecule has 2 heteroatoms. The SMILES string of the molecule is CC(=O)OC(c1ccccc1)c1c(C)cc(C)cc1C. The van der Waals surface area contributed by atoms with Crippen molar-refractivity contribution in [2.24, 2.45) is 0 Å². The molecule has 0 saturated heterocycles. The topological polar surface area (TPSA) is 26.3 Å². The van der Waals surface area contributed by atoms with Crippen molar-refractivity contribution < 1.29 is 9.53 Å². The zero-order valence-electron chi connectivity index (χ0n) is 12.4. The first kappa shape index (κ1) is 14.3. The predicted molar refractivity (Wildman–Crippen MR) is 80.7 cm³/mol. The lowest BCUT2D eigenvalue weighted by atomic mass is 9.92. The lowest BCUT2D eigenvalue weighted by molar-refractivity contribution is -0.144. The first-order valence-corrected chi connectivity index (χ1v) is 6.79. The molecule has 2 rings (SSSR count). The molecule has 0 aliphatic rings. The van der Waals surface area contributed by atoms with Crippen molar-refractivity contribution in [3.8, 4) is 0 Å². The second-order valence-corrected chi connectivity index (χ2v) is 5.21. The first-order chi connectivity index (χ1) is 9.49. The molecule has 1 atom stereocenters. The van der Waals surface area contributed by atoms with Crippen LogP contribution in [-0.4, -0.2) is 5.97 Å². The van der Waals surface area contributed by atoms with Gasteiger partial charge in [-0.05, 0) is 37.5 Å². The van der Waals surface area contributed by atoms with Gasteiger partial charge in [0, 0.05) is 12.5 Å². The van der Waals surface area contributed by atoms with Crippen LogP contribution >= 0.6 is 0 Å². The van der Waals surface area contributed by atoms with E-state index in [1.165, 1.54) is 12.5 Å². The average Bonchev–Trinajstić information content (AvgIpc) is 2.37. The molecule has 0 aliphatic carbocycles. The normalized spacial score (nSPS) is 12.0. The molecular formula is C18H20O2. The number of hydrogen-bond donors (Lipinski definition) is 0. The zero-order chi connectivity index (χ0) is 14.7. The van der Waals surface area contributed by atoms with Gasteiger partial charge in [-0.3, -0.25) is 4.79 Å². The molecule has 2 aromatic carbocycles. The molecule has 0 heterocycles. The van der Waals surface area contributed by atoms with E-state index < -0.39 is 0 Å². The minimum absolute atomic E-state index is 0.266. The van der Waals surface area contributed by atoms with E-state index in [4.69, 9.17) is 4.74 Å². The van der Waals surface area contributed by atoms with Crippen molar-refractivity contribution in [2.75, 3.05) is 0 Å². The van der Waals surface area contributed by atoms with Gasteiger partial charge in [-0.2, -0.15) is 0 Å².